The number of nitrogens with two attached hydrogens (primary N) is 1. The number of esters is 1. The Morgan fingerprint density at radius 2 is 2.25 bits per heavy atom. The average molecular weight is 350 g/mol. The van der Waals surface area contributed by atoms with Gasteiger partial charge in [0.15, 0.2) is 5.16 Å². The number of ether oxygens (including phenoxy) is 1. The molecule has 0 radical (unpaired) electrons. The van der Waals surface area contributed by atoms with Gasteiger partial charge in [0, 0.05) is 13.2 Å². The number of hydrogen-bond donors (Lipinski definition) is 1. The summed E-state index contributed by atoms with van der Waals surface area (Å²) in [5.74, 6) is 0.210. The molecule has 2 N–H and O–H groups in total. The summed E-state index contributed by atoms with van der Waals surface area (Å²) in [4.78, 5) is 33.3. The smallest absolute Gasteiger partial charge is 0.343 e. The number of anilines is 1. The zero-order chi connectivity index (χ0) is 17.5. The van der Waals surface area contributed by atoms with Crippen molar-refractivity contribution in [2.24, 2.45) is 0 Å². The maximum absolute atomic E-state index is 12.1. The van der Waals surface area contributed by atoms with E-state index < -0.39 is 5.97 Å². The Morgan fingerprint density at radius 3 is 2.88 bits per heavy atom. The molecule has 2 aromatic rings. The molecule has 0 fully saturated rings. The number of carbonyl (C=O) groups excluding carboxylic acids is 2. The molecule has 0 atom stereocenters. The molecule has 8 nitrogen and oxygen atoms in total. The third kappa shape index (κ3) is 4.72. The molecule has 0 aliphatic heterocycles. The molecule has 0 saturated carbocycles. The number of carbonyl (C=O) groups is 2. The van der Waals surface area contributed by atoms with Crippen molar-refractivity contribution in [3.63, 3.8) is 0 Å². The van der Waals surface area contributed by atoms with Gasteiger partial charge in [-0.3, -0.25) is 4.79 Å². The van der Waals surface area contributed by atoms with Crippen LogP contribution < -0.4 is 5.73 Å². The van der Waals surface area contributed by atoms with Crippen LogP contribution in [0.3, 0.4) is 0 Å². The molecule has 0 saturated heterocycles. The van der Waals surface area contributed by atoms with Crippen molar-refractivity contribution >= 4 is 29.5 Å². The van der Waals surface area contributed by atoms with Crippen molar-refractivity contribution in [3.05, 3.63) is 35.9 Å². The van der Waals surface area contributed by atoms with Crippen LogP contribution in [-0.2, 0) is 16.1 Å². The van der Waals surface area contributed by atoms with E-state index >= 15 is 0 Å². The van der Waals surface area contributed by atoms with Crippen LogP contribution >= 0.6 is 11.8 Å². The molecule has 1 amide bonds. The van der Waals surface area contributed by atoms with Gasteiger partial charge >= 0.3 is 5.97 Å². The first-order chi connectivity index (χ1) is 11.5. The van der Waals surface area contributed by atoms with Gasteiger partial charge in [-0.1, -0.05) is 11.8 Å². The van der Waals surface area contributed by atoms with Crippen LogP contribution in [0.25, 0.3) is 0 Å². The Hall–Kier alpha value is -2.55. The number of nitrogen functional groups attached to an aromatic ring is 1. The second-order valence-corrected chi connectivity index (χ2v) is 5.73. The molecule has 128 valence electrons. The number of nitrogens with zero attached hydrogens (tertiary/aromatic N) is 3. The highest BCUT2D eigenvalue weighted by Gasteiger charge is 2.16. The zero-order valence-electron chi connectivity index (χ0n) is 13.4. The Kier molecular flexibility index (Phi) is 6.19. The van der Waals surface area contributed by atoms with E-state index in [2.05, 4.69) is 9.97 Å². The summed E-state index contributed by atoms with van der Waals surface area (Å²) in [6.45, 7) is 2.33. The monoisotopic (exact) mass is 350 g/mol. The topological polar surface area (TPSA) is 112 Å². The molecule has 0 aliphatic rings. The number of amides is 1. The zero-order valence-corrected chi connectivity index (χ0v) is 14.2. The quantitative estimate of drug-likeness (QED) is 0.455. The van der Waals surface area contributed by atoms with Gasteiger partial charge in [-0.15, -0.1) is 0 Å². The minimum Gasteiger partial charge on any atom is -0.467 e. The van der Waals surface area contributed by atoms with E-state index in [4.69, 9.17) is 14.9 Å². The van der Waals surface area contributed by atoms with Gasteiger partial charge in [-0.2, -0.15) is 0 Å². The van der Waals surface area contributed by atoms with E-state index in [0.717, 1.165) is 11.8 Å². The normalized spacial score (nSPS) is 10.4. The predicted molar refractivity (Wildman–Crippen MR) is 88.3 cm³/mol. The van der Waals surface area contributed by atoms with E-state index in [-0.39, 0.29) is 29.6 Å². The summed E-state index contributed by atoms with van der Waals surface area (Å²) >= 11 is 1.14. The highest BCUT2D eigenvalue weighted by atomic mass is 32.2. The summed E-state index contributed by atoms with van der Waals surface area (Å²) in [6, 6.07) is 3.57. The molecule has 2 aromatic heterocycles. The summed E-state index contributed by atoms with van der Waals surface area (Å²) in [7, 11) is 1.69. The Morgan fingerprint density at radius 1 is 1.46 bits per heavy atom. The van der Waals surface area contributed by atoms with Crippen molar-refractivity contribution in [3.8, 4) is 0 Å². The lowest BCUT2D eigenvalue weighted by Gasteiger charge is -2.15. The van der Waals surface area contributed by atoms with E-state index in [1.807, 2.05) is 0 Å². The van der Waals surface area contributed by atoms with Crippen LogP contribution in [0.2, 0.25) is 0 Å². The molecule has 2 rings (SSSR count). The van der Waals surface area contributed by atoms with Crippen LogP contribution in [0.5, 0.6) is 0 Å². The number of thioether (sulfide) groups is 1. The lowest BCUT2D eigenvalue weighted by molar-refractivity contribution is -0.127. The number of rotatable bonds is 7. The fraction of sp³-hybridized carbons (Fsp3) is 0.333. The summed E-state index contributed by atoms with van der Waals surface area (Å²) in [5, 5.41) is 0.320. The molecule has 2 heterocycles. The Balaban J connectivity index is 1.90. The predicted octanol–water partition coefficient (Wildman–Crippen LogP) is 1.58. The SMILES string of the molecule is CCOC(=O)c1cnc(SCC(=O)N(C)Cc2ccco2)nc1N. The maximum atomic E-state index is 12.1. The third-order valence-corrected chi connectivity index (χ3v) is 3.86. The van der Waals surface area contributed by atoms with Gasteiger partial charge in [-0.05, 0) is 19.1 Å². The average Bonchev–Trinajstić information content (AvgIpc) is 3.05. The van der Waals surface area contributed by atoms with E-state index in [1.54, 1.807) is 37.3 Å². The molecule has 0 aliphatic carbocycles. The Labute approximate surface area is 143 Å². The fourth-order valence-corrected chi connectivity index (χ4v) is 2.54. The summed E-state index contributed by atoms with van der Waals surface area (Å²) < 4.78 is 10.1. The van der Waals surface area contributed by atoms with E-state index in [0.29, 0.717) is 17.5 Å². The Bertz CT molecular complexity index is 706. The highest BCUT2D eigenvalue weighted by molar-refractivity contribution is 7.99. The van der Waals surface area contributed by atoms with Crippen LogP contribution in [0.4, 0.5) is 5.82 Å². The molecule has 0 spiro atoms. The minimum absolute atomic E-state index is 0.0299. The van der Waals surface area contributed by atoms with E-state index in [9.17, 15) is 9.59 Å². The van der Waals surface area contributed by atoms with Gasteiger partial charge < -0.3 is 19.8 Å². The van der Waals surface area contributed by atoms with Crippen LogP contribution in [0.15, 0.2) is 34.2 Å². The van der Waals surface area contributed by atoms with Gasteiger partial charge in [0.05, 0.1) is 25.2 Å². The molecule has 9 heteroatoms. The van der Waals surface area contributed by atoms with Crippen LogP contribution in [0.1, 0.15) is 23.0 Å². The second-order valence-electron chi connectivity index (χ2n) is 4.79. The first-order valence-corrected chi connectivity index (χ1v) is 8.18. The van der Waals surface area contributed by atoms with Gasteiger partial charge in [0.2, 0.25) is 5.91 Å². The molecule has 0 bridgehead atoms. The highest BCUT2D eigenvalue weighted by Crippen LogP contribution is 2.18. The van der Waals surface area contributed by atoms with Crippen LogP contribution in [-0.4, -0.2) is 46.2 Å². The van der Waals surface area contributed by atoms with Crippen molar-refractivity contribution < 1.29 is 18.7 Å². The first kappa shape index (κ1) is 17.8. The number of furan rings is 1. The maximum Gasteiger partial charge on any atom is 0.343 e. The third-order valence-electron chi connectivity index (χ3n) is 3.02. The van der Waals surface area contributed by atoms with E-state index in [1.165, 1.54) is 6.20 Å². The van der Waals surface area contributed by atoms with Crippen molar-refractivity contribution in [2.45, 2.75) is 18.6 Å². The molecule has 24 heavy (non-hydrogen) atoms. The summed E-state index contributed by atoms with van der Waals surface area (Å²) in [5.41, 5.74) is 5.85. The standard InChI is InChI=1S/C15H18N4O4S/c1-3-22-14(21)11-7-17-15(18-13(11)16)24-9-12(20)19(2)8-10-5-4-6-23-10/h4-7H,3,8-9H2,1-2H3,(H2,16,17,18). The summed E-state index contributed by atoms with van der Waals surface area (Å²) in [6.07, 6.45) is 2.86. The second kappa shape index (κ2) is 8.34. The van der Waals surface area contributed by atoms with Crippen LogP contribution in [0, 0.1) is 0 Å². The van der Waals surface area contributed by atoms with Crippen molar-refractivity contribution in [1.82, 2.24) is 14.9 Å². The molecular weight excluding hydrogens is 332 g/mol. The van der Waals surface area contributed by atoms with Crippen molar-refractivity contribution in [2.75, 3.05) is 25.1 Å². The molecule has 0 unspecified atom stereocenters. The fourth-order valence-electron chi connectivity index (χ4n) is 1.77. The van der Waals surface area contributed by atoms with Crippen molar-refractivity contribution in [1.29, 1.82) is 0 Å². The lowest BCUT2D eigenvalue weighted by Crippen LogP contribution is -2.27. The molecule has 0 aromatic carbocycles. The van der Waals surface area contributed by atoms with Gasteiger partial charge in [0.1, 0.15) is 17.1 Å². The molecular formula is C15H18N4O4S. The lowest BCUT2D eigenvalue weighted by atomic mass is 10.3. The first-order valence-electron chi connectivity index (χ1n) is 7.20. The minimum atomic E-state index is -0.569. The largest absolute Gasteiger partial charge is 0.467 e. The number of hydrogen-bond acceptors (Lipinski definition) is 8. The number of aromatic nitrogens is 2. The van der Waals surface area contributed by atoms with Gasteiger partial charge in [-0.25, -0.2) is 14.8 Å². The van der Waals surface area contributed by atoms with Gasteiger partial charge in [0.25, 0.3) is 0 Å².